The van der Waals surface area contributed by atoms with Crippen LogP contribution in [-0.4, -0.2) is 0 Å². The number of anilines is 1. The fraction of sp³-hybridized carbons (Fsp3) is 0. The molecule has 0 spiro atoms. The van der Waals surface area contributed by atoms with Gasteiger partial charge in [0, 0.05) is 5.56 Å². The lowest BCUT2D eigenvalue weighted by atomic mass is 10.0. The van der Waals surface area contributed by atoms with Gasteiger partial charge < -0.3 is 5.73 Å². The summed E-state index contributed by atoms with van der Waals surface area (Å²) in [7, 11) is 0. The molecule has 0 aliphatic heterocycles. The molecule has 2 aromatic rings. The summed E-state index contributed by atoms with van der Waals surface area (Å²) in [6, 6.07) is 7.31. The Balaban J connectivity index is 2.73. The minimum Gasteiger partial charge on any atom is -0.396 e. The summed E-state index contributed by atoms with van der Waals surface area (Å²) in [5.41, 5.74) is 4.90. The van der Waals surface area contributed by atoms with E-state index in [0.717, 1.165) is 18.2 Å². The highest BCUT2D eigenvalue weighted by Gasteiger charge is 2.15. The maximum Gasteiger partial charge on any atom is 0.146 e. The van der Waals surface area contributed by atoms with Gasteiger partial charge in [-0.2, -0.15) is 0 Å². The van der Waals surface area contributed by atoms with Crippen LogP contribution in [0.3, 0.4) is 0 Å². The number of halogens is 3. The van der Waals surface area contributed by atoms with Crippen LogP contribution in [0, 0.1) is 17.5 Å². The number of hydrogen-bond donors (Lipinski definition) is 1. The Morgan fingerprint density at radius 3 is 1.88 bits per heavy atom. The highest BCUT2D eigenvalue weighted by molar-refractivity contribution is 5.77. The monoisotopic (exact) mass is 223 g/mol. The summed E-state index contributed by atoms with van der Waals surface area (Å²) >= 11 is 0. The zero-order valence-electron chi connectivity index (χ0n) is 8.18. The average molecular weight is 223 g/mol. The van der Waals surface area contributed by atoms with Gasteiger partial charge in [-0.3, -0.25) is 0 Å². The predicted molar refractivity (Wildman–Crippen MR) is 56.2 cm³/mol. The minimum absolute atomic E-state index is 0.0237. The molecule has 0 saturated heterocycles. The van der Waals surface area contributed by atoms with Crippen molar-refractivity contribution in [3.8, 4) is 11.1 Å². The van der Waals surface area contributed by atoms with E-state index in [0.29, 0.717) is 0 Å². The van der Waals surface area contributed by atoms with Gasteiger partial charge in [0.1, 0.15) is 17.5 Å². The Hall–Kier alpha value is -1.97. The Bertz CT molecular complexity index is 518. The van der Waals surface area contributed by atoms with Crippen LogP contribution in [-0.2, 0) is 0 Å². The number of benzene rings is 2. The van der Waals surface area contributed by atoms with Crippen molar-refractivity contribution < 1.29 is 13.2 Å². The fourth-order valence-electron chi connectivity index (χ4n) is 1.51. The topological polar surface area (TPSA) is 26.0 Å². The van der Waals surface area contributed by atoms with E-state index in [2.05, 4.69) is 0 Å². The van der Waals surface area contributed by atoms with Crippen LogP contribution in [0.15, 0.2) is 36.4 Å². The molecule has 16 heavy (non-hydrogen) atoms. The second-order valence-corrected chi connectivity index (χ2v) is 3.30. The van der Waals surface area contributed by atoms with Gasteiger partial charge in [-0.15, -0.1) is 0 Å². The second-order valence-electron chi connectivity index (χ2n) is 3.30. The molecule has 0 aromatic heterocycles. The van der Waals surface area contributed by atoms with Crippen molar-refractivity contribution in [1.82, 2.24) is 0 Å². The van der Waals surface area contributed by atoms with Crippen molar-refractivity contribution in [3.05, 3.63) is 53.8 Å². The number of hydrogen-bond acceptors (Lipinski definition) is 1. The summed E-state index contributed by atoms with van der Waals surface area (Å²) in [5.74, 6) is -2.23. The summed E-state index contributed by atoms with van der Waals surface area (Å²) in [4.78, 5) is 0. The molecule has 82 valence electrons. The van der Waals surface area contributed by atoms with Gasteiger partial charge in [-0.1, -0.05) is 18.2 Å². The average Bonchev–Trinajstić information content (AvgIpc) is 2.24. The van der Waals surface area contributed by atoms with Crippen LogP contribution in [0.1, 0.15) is 0 Å². The maximum atomic E-state index is 13.4. The van der Waals surface area contributed by atoms with Gasteiger partial charge >= 0.3 is 0 Å². The molecule has 0 atom stereocenters. The van der Waals surface area contributed by atoms with Gasteiger partial charge in [0.25, 0.3) is 0 Å². The van der Waals surface area contributed by atoms with Crippen molar-refractivity contribution in [1.29, 1.82) is 0 Å². The largest absolute Gasteiger partial charge is 0.396 e. The first-order chi connectivity index (χ1) is 7.61. The molecule has 0 aliphatic rings. The van der Waals surface area contributed by atoms with Gasteiger partial charge in [-0.05, 0) is 18.2 Å². The quantitative estimate of drug-likeness (QED) is 0.737. The van der Waals surface area contributed by atoms with Crippen molar-refractivity contribution >= 4 is 5.69 Å². The van der Waals surface area contributed by atoms with Gasteiger partial charge in [0.05, 0.1) is 11.3 Å². The normalized spacial score (nSPS) is 10.4. The smallest absolute Gasteiger partial charge is 0.146 e. The number of rotatable bonds is 1. The summed E-state index contributed by atoms with van der Waals surface area (Å²) in [6.07, 6.45) is 0. The minimum atomic E-state index is -0.766. The molecule has 0 amide bonds. The summed E-state index contributed by atoms with van der Waals surface area (Å²) in [6.45, 7) is 0. The standard InChI is InChI=1S/C12H8F3N/c13-8-4-2-5-9(14)11(8)7-3-1-6-10(15)12(7)16/h1-6H,16H2. The molecule has 0 heterocycles. The first kappa shape index (κ1) is 10.5. The Morgan fingerprint density at radius 2 is 1.25 bits per heavy atom. The molecule has 0 saturated carbocycles. The molecule has 0 fully saturated rings. The van der Waals surface area contributed by atoms with Crippen LogP contribution in [0.5, 0.6) is 0 Å². The van der Waals surface area contributed by atoms with Gasteiger partial charge in [-0.25, -0.2) is 13.2 Å². The zero-order chi connectivity index (χ0) is 11.7. The van der Waals surface area contributed by atoms with Crippen LogP contribution >= 0.6 is 0 Å². The number of nitrogens with two attached hydrogens (primary N) is 1. The van der Waals surface area contributed by atoms with Gasteiger partial charge in [0.2, 0.25) is 0 Å². The number of nitrogen functional groups attached to an aromatic ring is 1. The molecular formula is C12H8F3N. The fourth-order valence-corrected chi connectivity index (χ4v) is 1.51. The summed E-state index contributed by atoms with van der Waals surface area (Å²) < 4.78 is 40.0. The molecule has 2 N–H and O–H groups in total. The van der Waals surface area contributed by atoms with E-state index in [4.69, 9.17) is 5.73 Å². The van der Waals surface area contributed by atoms with E-state index in [9.17, 15) is 13.2 Å². The lowest BCUT2D eigenvalue weighted by Gasteiger charge is -2.08. The Morgan fingerprint density at radius 1 is 0.750 bits per heavy atom. The number of para-hydroxylation sites is 1. The SMILES string of the molecule is Nc1c(F)cccc1-c1c(F)cccc1F. The lowest BCUT2D eigenvalue weighted by molar-refractivity contribution is 0.589. The third-order valence-corrected chi connectivity index (χ3v) is 2.29. The third-order valence-electron chi connectivity index (χ3n) is 2.29. The van der Waals surface area contributed by atoms with E-state index >= 15 is 0 Å². The first-order valence-corrected chi connectivity index (χ1v) is 4.59. The highest BCUT2D eigenvalue weighted by Crippen LogP contribution is 2.31. The van der Waals surface area contributed by atoms with Crippen molar-refractivity contribution in [2.24, 2.45) is 0 Å². The van der Waals surface area contributed by atoms with E-state index in [-0.39, 0.29) is 16.8 Å². The zero-order valence-corrected chi connectivity index (χ0v) is 8.18. The maximum absolute atomic E-state index is 13.4. The molecule has 0 unspecified atom stereocenters. The van der Waals surface area contributed by atoms with E-state index in [1.165, 1.54) is 18.2 Å². The molecule has 1 nitrogen and oxygen atoms in total. The molecular weight excluding hydrogens is 215 g/mol. The predicted octanol–water partition coefficient (Wildman–Crippen LogP) is 3.35. The molecule has 2 rings (SSSR count). The van der Waals surface area contributed by atoms with Crippen molar-refractivity contribution in [2.45, 2.75) is 0 Å². The molecule has 4 heteroatoms. The van der Waals surface area contributed by atoms with Gasteiger partial charge in [0.15, 0.2) is 0 Å². The van der Waals surface area contributed by atoms with E-state index in [1.807, 2.05) is 0 Å². The lowest BCUT2D eigenvalue weighted by Crippen LogP contribution is -1.97. The van der Waals surface area contributed by atoms with E-state index < -0.39 is 17.5 Å². The second kappa shape index (κ2) is 3.89. The Kier molecular flexibility index (Phi) is 2.56. The van der Waals surface area contributed by atoms with Crippen molar-refractivity contribution in [3.63, 3.8) is 0 Å². The molecule has 2 aromatic carbocycles. The van der Waals surface area contributed by atoms with Crippen LogP contribution < -0.4 is 5.73 Å². The van der Waals surface area contributed by atoms with E-state index in [1.54, 1.807) is 0 Å². The molecule has 0 bridgehead atoms. The van der Waals surface area contributed by atoms with Crippen molar-refractivity contribution in [2.75, 3.05) is 5.73 Å². The first-order valence-electron chi connectivity index (χ1n) is 4.59. The van der Waals surface area contributed by atoms with Crippen LogP contribution in [0.25, 0.3) is 11.1 Å². The summed E-state index contributed by atoms with van der Waals surface area (Å²) in [5, 5.41) is 0. The molecule has 0 aliphatic carbocycles. The molecule has 0 radical (unpaired) electrons. The van der Waals surface area contributed by atoms with Crippen LogP contribution in [0.4, 0.5) is 18.9 Å². The third kappa shape index (κ3) is 1.62. The Labute approximate surface area is 90.3 Å². The van der Waals surface area contributed by atoms with Crippen LogP contribution in [0.2, 0.25) is 0 Å². The highest BCUT2D eigenvalue weighted by atomic mass is 19.1.